The highest BCUT2D eigenvalue weighted by molar-refractivity contribution is 6.33. The summed E-state index contributed by atoms with van der Waals surface area (Å²) in [7, 11) is 1.76. The lowest BCUT2D eigenvalue weighted by atomic mass is 9.90. The number of nitrogens with zero attached hydrogens (tertiary/aromatic N) is 1. The number of rotatable bonds is 10. The summed E-state index contributed by atoms with van der Waals surface area (Å²) in [4.78, 5) is 4.57. The highest BCUT2D eigenvalue weighted by Crippen LogP contribution is 2.32. The zero-order chi connectivity index (χ0) is 23.8. The molecule has 1 atom stereocenters. The molecule has 34 heavy (non-hydrogen) atoms. The van der Waals surface area contributed by atoms with Crippen molar-refractivity contribution >= 4 is 23.1 Å². The number of methoxy groups -OCH3 is 1. The first-order valence-corrected chi connectivity index (χ1v) is 13.1. The number of ether oxygens (including phenoxy) is 2. The fraction of sp³-hybridized carbons (Fsp3) is 0.593. The van der Waals surface area contributed by atoms with E-state index in [0.29, 0.717) is 29.1 Å². The normalized spacial score (nSPS) is 22.3. The Kier molecular flexibility index (Phi) is 9.45. The van der Waals surface area contributed by atoms with E-state index in [-0.39, 0.29) is 0 Å². The van der Waals surface area contributed by atoms with Crippen LogP contribution in [0.4, 0.5) is 11.5 Å². The monoisotopic (exact) mass is 486 g/mol. The van der Waals surface area contributed by atoms with Crippen LogP contribution in [0.2, 0.25) is 5.02 Å². The molecule has 2 heterocycles. The number of hydrogen-bond donors (Lipinski definition) is 3. The Morgan fingerprint density at radius 3 is 2.62 bits per heavy atom. The lowest BCUT2D eigenvalue weighted by Gasteiger charge is -2.32. The average Bonchev–Trinajstić information content (AvgIpc) is 2.86. The highest BCUT2D eigenvalue weighted by atomic mass is 35.5. The first-order valence-electron chi connectivity index (χ1n) is 12.7. The van der Waals surface area contributed by atoms with Crippen molar-refractivity contribution in [2.45, 2.75) is 63.6 Å². The molecule has 0 radical (unpaired) electrons. The van der Waals surface area contributed by atoms with Gasteiger partial charge in [-0.3, -0.25) is 0 Å². The lowest BCUT2D eigenvalue weighted by molar-refractivity contribution is 0.0699. The molecule has 1 aliphatic heterocycles. The Labute approximate surface area is 209 Å². The van der Waals surface area contributed by atoms with Gasteiger partial charge in [-0.1, -0.05) is 23.7 Å². The summed E-state index contributed by atoms with van der Waals surface area (Å²) < 4.78 is 10.7. The van der Waals surface area contributed by atoms with Gasteiger partial charge in [0.05, 0.1) is 11.6 Å². The third-order valence-corrected chi connectivity index (χ3v) is 7.28. The Bertz CT molecular complexity index is 898. The van der Waals surface area contributed by atoms with Crippen LogP contribution in [0.5, 0.6) is 0 Å². The summed E-state index contributed by atoms with van der Waals surface area (Å²) in [5.41, 5.74) is 3.24. The van der Waals surface area contributed by atoms with Gasteiger partial charge in [-0.05, 0) is 75.1 Å². The van der Waals surface area contributed by atoms with E-state index in [4.69, 9.17) is 21.1 Å². The topological polar surface area (TPSA) is 67.4 Å². The third-order valence-electron chi connectivity index (χ3n) is 6.98. The van der Waals surface area contributed by atoms with E-state index in [9.17, 15) is 0 Å². The Morgan fingerprint density at radius 1 is 1.09 bits per heavy atom. The maximum absolute atomic E-state index is 6.57. The van der Waals surface area contributed by atoms with Crippen LogP contribution in [-0.4, -0.2) is 56.6 Å². The maximum Gasteiger partial charge on any atom is 0.126 e. The van der Waals surface area contributed by atoms with E-state index < -0.39 is 0 Å². The van der Waals surface area contributed by atoms with Gasteiger partial charge < -0.3 is 25.4 Å². The number of anilines is 2. The van der Waals surface area contributed by atoms with Gasteiger partial charge in [0.1, 0.15) is 5.82 Å². The van der Waals surface area contributed by atoms with Crippen LogP contribution in [0.1, 0.15) is 45.4 Å². The smallest absolute Gasteiger partial charge is 0.126 e. The number of benzene rings is 1. The largest absolute Gasteiger partial charge is 0.385 e. The van der Waals surface area contributed by atoms with Crippen LogP contribution in [-0.2, 0) is 9.47 Å². The van der Waals surface area contributed by atoms with E-state index in [2.05, 4.69) is 58.2 Å². The number of pyridine rings is 1. The van der Waals surface area contributed by atoms with E-state index in [1.54, 1.807) is 13.3 Å². The second kappa shape index (κ2) is 12.7. The summed E-state index contributed by atoms with van der Waals surface area (Å²) in [5.74, 6) is 1.57. The number of halogens is 1. The second-order valence-electron chi connectivity index (χ2n) is 9.78. The summed E-state index contributed by atoms with van der Waals surface area (Å²) in [5, 5.41) is 11.6. The van der Waals surface area contributed by atoms with Crippen molar-refractivity contribution in [1.82, 2.24) is 10.3 Å². The van der Waals surface area contributed by atoms with E-state index in [1.807, 2.05) is 0 Å². The van der Waals surface area contributed by atoms with Crippen molar-refractivity contribution in [3.63, 3.8) is 0 Å². The van der Waals surface area contributed by atoms with Gasteiger partial charge in [-0.25, -0.2) is 4.98 Å². The van der Waals surface area contributed by atoms with E-state index >= 15 is 0 Å². The van der Waals surface area contributed by atoms with Gasteiger partial charge in [-0.15, -0.1) is 0 Å². The number of hydrogen-bond acceptors (Lipinski definition) is 6. The summed E-state index contributed by atoms with van der Waals surface area (Å²) >= 11 is 6.57. The SMILES string of the molecule is COC[C@@H](C)NC1CCC(Nc2cc(-c3cccc(NCC4CCOCC4)c3)c(Cl)cn2)CC1. The minimum atomic E-state index is 0.391. The predicted molar refractivity (Wildman–Crippen MR) is 141 cm³/mol. The first kappa shape index (κ1) is 25.2. The number of nitrogens with one attached hydrogen (secondary N) is 3. The lowest BCUT2D eigenvalue weighted by Crippen LogP contribution is -2.42. The Morgan fingerprint density at radius 2 is 1.85 bits per heavy atom. The Balaban J connectivity index is 1.34. The molecule has 6 nitrogen and oxygen atoms in total. The second-order valence-corrected chi connectivity index (χ2v) is 10.2. The standard InChI is InChI=1S/C27H39ClN4O2/c1-19(18-33-2)31-22-6-8-23(9-7-22)32-27-15-25(26(28)17-30-27)21-4-3-5-24(14-21)29-16-20-10-12-34-13-11-20/h3-5,14-15,17,19-20,22-23,29,31H,6-13,16,18H2,1-2H3,(H,30,32)/t19-,22?,23?/m1/s1. The van der Waals surface area contributed by atoms with Crippen LogP contribution in [0.3, 0.4) is 0 Å². The molecule has 4 rings (SSSR count). The van der Waals surface area contributed by atoms with Crippen LogP contribution < -0.4 is 16.0 Å². The quantitative estimate of drug-likeness (QED) is 0.407. The molecule has 0 amide bonds. The van der Waals surface area contributed by atoms with Crippen LogP contribution in [0.25, 0.3) is 11.1 Å². The molecule has 1 aromatic carbocycles. The fourth-order valence-electron chi connectivity index (χ4n) is 5.06. The molecular weight excluding hydrogens is 448 g/mol. The molecule has 2 fully saturated rings. The molecule has 0 bridgehead atoms. The van der Waals surface area contributed by atoms with Gasteiger partial charge in [0.15, 0.2) is 0 Å². The molecule has 1 saturated heterocycles. The van der Waals surface area contributed by atoms with Crippen LogP contribution >= 0.6 is 11.6 Å². The minimum absolute atomic E-state index is 0.391. The molecule has 0 unspecified atom stereocenters. The summed E-state index contributed by atoms with van der Waals surface area (Å²) in [6.45, 7) is 5.66. The van der Waals surface area contributed by atoms with Gasteiger partial charge in [0.25, 0.3) is 0 Å². The maximum atomic E-state index is 6.57. The van der Waals surface area contributed by atoms with Crippen LogP contribution in [0.15, 0.2) is 36.5 Å². The van der Waals surface area contributed by atoms with E-state index in [0.717, 1.165) is 87.5 Å². The first-order chi connectivity index (χ1) is 16.6. The van der Waals surface area contributed by atoms with Crippen molar-refractivity contribution in [3.8, 4) is 11.1 Å². The molecule has 3 N–H and O–H groups in total. The van der Waals surface area contributed by atoms with Crippen molar-refractivity contribution < 1.29 is 9.47 Å². The fourth-order valence-corrected chi connectivity index (χ4v) is 5.27. The minimum Gasteiger partial charge on any atom is -0.385 e. The van der Waals surface area contributed by atoms with Crippen molar-refractivity contribution in [2.24, 2.45) is 5.92 Å². The zero-order valence-corrected chi connectivity index (χ0v) is 21.2. The van der Waals surface area contributed by atoms with Gasteiger partial charge >= 0.3 is 0 Å². The third kappa shape index (κ3) is 7.32. The molecule has 1 aliphatic carbocycles. The Hall–Kier alpha value is -1.86. The molecular formula is C27H39ClN4O2. The zero-order valence-electron chi connectivity index (χ0n) is 20.5. The van der Waals surface area contributed by atoms with Gasteiger partial charge in [0.2, 0.25) is 0 Å². The van der Waals surface area contributed by atoms with Gasteiger partial charge in [-0.2, -0.15) is 0 Å². The summed E-state index contributed by atoms with van der Waals surface area (Å²) in [6.07, 6.45) is 8.59. The predicted octanol–water partition coefficient (Wildman–Crippen LogP) is 5.59. The molecule has 7 heteroatoms. The molecule has 2 aromatic rings. The van der Waals surface area contributed by atoms with Gasteiger partial charge in [0, 0.05) is 62.4 Å². The highest BCUT2D eigenvalue weighted by Gasteiger charge is 2.22. The molecule has 186 valence electrons. The van der Waals surface area contributed by atoms with E-state index in [1.165, 1.54) is 0 Å². The van der Waals surface area contributed by atoms with Crippen molar-refractivity contribution in [3.05, 3.63) is 41.6 Å². The van der Waals surface area contributed by atoms with Crippen LogP contribution in [0, 0.1) is 5.92 Å². The molecule has 1 saturated carbocycles. The average molecular weight is 487 g/mol. The molecule has 1 aromatic heterocycles. The molecule has 0 spiro atoms. The summed E-state index contributed by atoms with van der Waals surface area (Å²) in [6, 6.07) is 12.0. The molecule has 2 aliphatic rings. The van der Waals surface area contributed by atoms with Crippen molar-refractivity contribution in [2.75, 3.05) is 44.1 Å². The van der Waals surface area contributed by atoms with Crippen molar-refractivity contribution in [1.29, 1.82) is 0 Å². The number of aromatic nitrogens is 1.